The number of ether oxygens (including phenoxy) is 1. The second-order valence-electron chi connectivity index (χ2n) is 3.18. The van der Waals surface area contributed by atoms with E-state index in [1.807, 2.05) is 25.1 Å². The van der Waals surface area contributed by atoms with Gasteiger partial charge in [0.05, 0.1) is 13.2 Å². The SMILES string of the molecule is CCOc1ccc2c(c1)CC[NH+]2[O-]. The van der Waals surface area contributed by atoms with Crippen molar-refractivity contribution >= 4 is 5.69 Å². The van der Waals surface area contributed by atoms with Crippen molar-refractivity contribution in [2.45, 2.75) is 13.3 Å². The lowest BCUT2D eigenvalue weighted by Crippen LogP contribution is -3.00. The van der Waals surface area contributed by atoms with E-state index >= 15 is 0 Å². The van der Waals surface area contributed by atoms with Crippen LogP contribution in [0.4, 0.5) is 5.69 Å². The molecule has 1 unspecified atom stereocenters. The van der Waals surface area contributed by atoms with Gasteiger partial charge < -0.3 is 15.0 Å². The van der Waals surface area contributed by atoms with Crippen molar-refractivity contribution in [1.82, 2.24) is 0 Å². The zero-order valence-corrected chi connectivity index (χ0v) is 7.67. The molecule has 70 valence electrons. The van der Waals surface area contributed by atoms with Crippen LogP contribution in [0, 0.1) is 5.21 Å². The fraction of sp³-hybridized carbons (Fsp3) is 0.400. The third-order valence-corrected chi connectivity index (χ3v) is 2.31. The van der Waals surface area contributed by atoms with E-state index < -0.39 is 0 Å². The number of quaternary nitrogens is 1. The summed E-state index contributed by atoms with van der Waals surface area (Å²) < 4.78 is 5.36. The summed E-state index contributed by atoms with van der Waals surface area (Å²) in [5, 5.41) is 11.6. The highest BCUT2D eigenvalue weighted by atomic mass is 16.5. The van der Waals surface area contributed by atoms with Gasteiger partial charge in [-0.2, -0.15) is 0 Å². The molecule has 0 radical (unpaired) electrons. The Morgan fingerprint density at radius 1 is 1.54 bits per heavy atom. The third-order valence-electron chi connectivity index (χ3n) is 2.31. The van der Waals surface area contributed by atoms with Crippen LogP contribution in [0.5, 0.6) is 5.75 Å². The maximum Gasteiger partial charge on any atom is 0.134 e. The first-order valence-corrected chi connectivity index (χ1v) is 4.60. The molecule has 0 amide bonds. The Morgan fingerprint density at radius 3 is 3.15 bits per heavy atom. The summed E-state index contributed by atoms with van der Waals surface area (Å²) in [6.45, 7) is 3.29. The monoisotopic (exact) mass is 179 g/mol. The number of hydrogen-bond donors (Lipinski definition) is 1. The van der Waals surface area contributed by atoms with Crippen LogP contribution in [0.2, 0.25) is 0 Å². The Morgan fingerprint density at radius 2 is 2.38 bits per heavy atom. The maximum absolute atomic E-state index is 11.3. The molecule has 2 rings (SSSR count). The highest BCUT2D eigenvalue weighted by molar-refractivity contribution is 5.46. The molecule has 0 fully saturated rings. The molecule has 1 aliphatic heterocycles. The number of nitrogens with one attached hydrogen (secondary N) is 1. The number of benzene rings is 1. The summed E-state index contributed by atoms with van der Waals surface area (Å²) in [7, 11) is 0. The number of hydrogen-bond acceptors (Lipinski definition) is 2. The third kappa shape index (κ3) is 1.53. The first-order chi connectivity index (χ1) is 6.31. The zero-order chi connectivity index (χ0) is 9.26. The van der Waals surface area contributed by atoms with Crippen LogP contribution in [0.3, 0.4) is 0 Å². The predicted octanol–water partition coefficient (Wildman–Crippen LogP) is 0.656. The van der Waals surface area contributed by atoms with Gasteiger partial charge in [0.1, 0.15) is 11.4 Å². The van der Waals surface area contributed by atoms with E-state index in [1.165, 1.54) is 0 Å². The van der Waals surface area contributed by atoms with Crippen LogP contribution in [-0.4, -0.2) is 13.2 Å². The molecule has 0 aromatic heterocycles. The average molecular weight is 179 g/mol. The second kappa shape index (κ2) is 3.36. The van der Waals surface area contributed by atoms with Gasteiger partial charge in [0.15, 0.2) is 0 Å². The van der Waals surface area contributed by atoms with E-state index in [2.05, 4.69) is 0 Å². The Hall–Kier alpha value is -1.06. The van der Waals surface area contributed by atoms with Gasteiger partial charge in [-0.3, -0.25) is 0 Å². The number of rotatable bonds is 2. The predicted molar refractivity (Wildman–Crippen MR) is 50.2 cm³/mol. The second-order valence-corrected chi connectivity index (χ2v) is 3.18. The largest absolute Gasteiger partial charge is 0.629 e. The van der Waals surface area contributed by atoms with Crippen LogP contribution >= 0.6 is 0 Å². The minimum absolute atomic E-state index is 0.262. The normalized spacial score (nSPS) is 20.0. The smallest absolute Gasteiger partial charge is 0.134 e. The molecule has 1 aromatic rings. The molecule has 13 heavy (non-hydrogen) atoms. The van der Waals surface area contributed by atoms with Crippen LogP contribution in [0.15, 0.2) is 18.2 Å². The summed E-state index contributed by atoms with van der Waals surface area (Å²) in [6.07, 6.45) is 0.870. The summed E-state index contributed by atoms with van der Waals surface area (Å²) >= 11 is 0. The lowest BCUT2D eigenvalue weighted by Gasteiger charge is -2.15. The molecule has 0 spiro atoms. The van der Waals surface area contributed by atoms with Gasteiger partial charge in [-0.15, -0.1) is 0 Å². The van der Waals surface area contributed by atoms with Crippen LogP contribution in [0.1, 0.15) is 12.5 Å². The first-order valence-electron chi connectivity index (χ1n) is 4.60. The van der Waals surface area contributed by atoms with Gasteiger partial charge in [-0.05, 0) is 19.1 Å². The molecule has 1 atom stereocenters. The standard InChI is InChI=1S/C10H13NO2/c1-2-13-9-3-4-10-8(7-9)5-6-11(10)12/h3-4,7,11H,2,5-6H2,1H3. The fourth-order valence-electron chi connectivity index (χ4n) is 1.69. The quantitative estimate of drug-likeness (QED) is 0.677. The molecule has 1 aromatic carbocycles. The Labute approximate surface area is 77.5 Å². The van der Waals surface area contributed by atoms with Gasteiger partial charge in [-0.25, -0.2) is 0 Å². The van der Waals surface area contributed by atoms with Crippen molar-refractivity contribution < 1.29 is 9.80 Å². The first kappa shape index (κ1) is 8.53. The number of hydroxylamine groups is 1. The molecule has 3 heteroatoms. The molecule has 0 saturated carbocycles. The van der Waals surface area contributed by atoms with Gasteiger partial charge in [0.25, 0.3) is 0 Å². The molecular weight excluding hydrogens is 166 g/mol. The van der Waals surface area contributed by atoms with Gasteiger partial charge in [0.2, 0.25) is 0 Å². The van der Waals surface area contributed by atoms with E-state index in [0.717, 1.165) is 23.4 Å². The van der Waals surface area contributed by atoms with Crippen LogP contribution < -0.4 is 9.80 Å². The molecule has 0 bridgehead atoms. The summed E-state index contributed by atoms with van der Waals surface area (Å²) in [4.78, 5) is 0. The maximum atomic E-state index is 11.3. The summed E-state index contributed by atoms with van der Waals surface area (Å²) in [5.41, 5.74) is 2.01. The van der Waals surface area contributed by atoms with E-state index in [9.17, 15) is 5.21 Å². The lowest BCUT2D eigenvalue weighted by atomic mass is 10.1. The molecule has 1 N–H and O–H groups in total. The van der Waals surface area contributed by atoms with Crippen molar-refractivity contribution in [3.05, 3.63) is 29.0 Å². The van der Waals surface area contributed by atoms with Crippen molar-refractivity contribution in [2.24, 2.45) is 0 Å². The van der Waals surface area contributed by atoms with Gasteiger partial charge in [0, 0.05) is 18.1 Å². The highest BCUT2D eigenvalue weighted by Crippen LogP contribution is 2.22. The molecule has 1 heterocycles. The van der Waals surface area contributed by atoms with Crippen molar-refractivity contribution in [1.29, 1.82) is 0 Å². The topological polar surface area (TPSA) is 36.7 Å². The van der Waals surface area contributed by atoms with E-state index in [0.29, 0.717) is 13.2 Å². The van der Waals surface area contributed by atoms with Crippen molar-refractivity contribution in [3.8, 4) is 5.75 Å². The van der Waals surface area contributed by atoms with Gasteiger partial charge >= 0.3 is 0 Å². The zero-order valence-electron chi connectivity index (χ0n) is 7.67. The highest BCUT2D eigenvalue weighted by Gasteiger charge is 2.18. The Kier molecular flexibility index (Phi) is 2.20. The molecule has 0 saturated heterocycles. The molecule has 3 nitrogen and oxygen atoms in total. The van der Waals surface area contributed by atoms with E-state index in [4.69, 9.17) is 4.74 Å². The Bertz CT molecular complexity index is 312. The van der Waals surface area contributed by atoms with Gasteiger partial charge in [-0.1, -0.05) is 0 Å². The van der Waals surface area contributed by atoms with Crippen LogP contribution in [-0.2, 0) is 6.42 Å². The minimum Gasteiger partial charge on any atom is -0.629 e. The van der Waals surface area contributed by atoms with Crippen LogP contribution in [0.25, 0.3) is 0 Å². The van der Waals surface area contributed by atoms with E-state index in [1.54, 1.807) is 0 Å². The van der Waals surface area contributed by atoms with Crippen molar-refractivity contribution in [3.63, 3.8) is 0 Å². The molecule has 0 aliphatic carbocycles. The minimum atomic E-state index is 0.262. The molecular formula is C10H13NO2. The number of fused-ring (bicyclic) bond motifs is 1. The Balaban J connectivity index is 2.29. The van der Waals surface area contributed by atoms with Crippen molar-refractivity contribution in [2.75, 3.05) is 13.2 Å². The lowest BCUT2D eigenvalue weighted by molar-refractivity contribution is -0.768. The fourth-order valence-corrected chi connectivity index (χ4v) is 1.69. The summed E-state index contributed by atoms with van der Waals surface area (Å²) in [6, 6.07) is 5.71. The average Bonchev–Trinajstić information content (AvgIpc) is 2.48. The molecule has 1 aliphatic rings. The van der Waals surface area contributed by atoms with E-state index in [-0.39, 0.29) is 5.06 Å². The summed E-state index contributed by atoms with van der Waals surface area (Å²) in [5.74, 6) is 0.871.